The number of aliphatic hydroxyl groups is 3. The van der Waals surface area contributed by atoms with Crippen LogP contribution in [0.5, 0.6) is 0 Å². The molecule has 64 valence electrons. The number of amides is 1. The van der Waals surface area contributed by atoms with Gasteiger partial charge in [-0.3, -0.25) is 4.79 Å². The van der Waals surface area contributed by atoms with Crippen LogP contribution in [0.3, 0.4) is 0 Å². The Morgan fingerprint density at radius 3 is 2.73 bits per heavy atom. The lowest BCUT2D eigenvalue weighted by molar-refractivity contribution is -0.134. The fourth-order valence-electron chi connectivity index (χ4n) is 1.08. The minimum Gasteiger partial charge on any atom is -0.394 e. The lowest BCUT2D eigenvalue weighted by Gasteiger charge is -2.30. The first-order valence-electron chi connectivity index (χ1n) is 3.41. The highest BCUT2D eigenvalue weighted by Gasteiger charge is 2.33. The molecule has 1 aliphatic heterocycles. The molecular formula is C6H11NO4. The molecule has 5 nitrogen and oxygen atoms in total. The second-order valence-electron chi connectivity index (χ2n) is 2.62. The third kappa shape index (κ3) is 1.68. The van der Waals surface area contributed by atoms with Crippen molar-refractivity contribution in [3.63, 3.8) is 0 Å². The molecule has 0 aromatic rings. The maximum absolute atomic E-state index is 10.7. The molecule has 1 fully saturated rings. The van der Waals surface area contributed by atoms with Crippen molar-refractivity contribution in [2.75, 3.05) is 6.61 Å². The SMILES string of the molecule is O=C1C[C@@H](O)[C@H](O)[C@H](CO)N1. The molecule has 1 heterocycles. The Kier molecular flexibility index (Phi) is 2.43. The van der Waals surface area contributed by atoms with Gasteiger partial charge in [-0.05, 0) is 0 Å². The van der Waals surface area contributed by atoms with E-state index in [0.29, 0.717) is 0 Å². The quantitative estimate of drug-likeness (QED) is 0.345. The van der Waals surface area contributed by atoms with E-state index < -0.39 is 18.2 Å². The van der Waals surface area contributed by atoms with Gasteiger partial charge in [0.05, 0.1) is 25.2 Å². The maximum atomic E-state index is 10.7. The first-order chi connectivity index (χ1) is 5.15. The van der Waals surface area contributed by atoms with Gasteiger partial charge in [-0.2, -0.15) is 0 Å². The molecule has 0 radical (unpaired) electrons. The Hall–Kier alpha value is -0.650. The predicted molar refractivity (Wildman–Crippen MR) is 35.6 cm³/mol. The number of rotatable bonds is 1. The molecule has 3 atom stereocenters. The summed E-state index contributed by atoms with van der Waals surface area (Å²) >= 11 is 0. The van der Waals surface area contributed by atoms with Crippen LogP contribution in [0.15, 0.2) is 0 Å². The fraction of sp³-hybridized carbons (Fsp3) is 0.833. The number of carbonyl (C=O) groups excluding carboxylic acids is 1. The third-order valence-electron chi connectivity index (χ3n) is 1.74. The van der Waals surface area contributed by atoms with Crippen LogP contribution in [-0.2, 0) is 4.79 Å². The molecule has 0 unspecified atom stereocenters. The Morgan fingerprint density at radius 1 is 1.55 bits per heavy atom. The molecule has 0 bridgehead atoms. The van der Waals surface area contributed by atoms with Crippen LogP contribution in [0.25, 0.3) is 0 Å². The second kappa shape index (κ2) is 3.17. The van der Waals surface area contributed by atoms with Gasteiger partial charge >= 0.3 is 0 Å². The number of aliphatic hydroxyl groups excluding tert-OH is 3. The van der Waals surface area contributed by atoms with Crippen LogP contribution in [0.1, 0.15) is 6.42 Å². The van der Waals surface area contributed by atoms with Crippen molar-refractivity contribution in [1.82, 2.24) is 5.32 Å². The van der Waals surface area contributed by atoms with E-state index in [1.54, 1.807) is 0 Å². The van der Waals surface area contributed by atoms with Gasteiger partial charge in [-0.15, -0.1) is 0 Å². The minimum absolute atomic E-state index is 0.0995. The number of hydrogen-bond acceptors (Lipinski definition) is 4. The van der Waals surface area contributed by atoms with E-state index in [4.69, 9.17) is 15.3 Å². The summed E-state index contributed by atoms with van der Waals surface area (Å²) in [6.45, 7) is -0.357. The fourth-order valence-corrected chi connectivity index (χ4v) is 1.08. The Balaban J connectivity index is 2.58. The van der Waals surface area contributed by atoms with Crippen molar-refractivity contribution < 1.29 is 20.1 Å². The van der Waals surface area contributed by atoms with Gasteiger partial charge in [0.15, 0.2) is 0 Å². The Bertz CT molecular complexity index is 161. The van der Waals surface area contributed by atoms with Gasteiger partial charge in [-0.1, -0.05) is 0 Å². The van der Waals surface area contributed by atoms with Gasteiger partial charge in [0.25, 0.3) is 0 Å². The summed E-state index contributed by atoms with van der Waals surface area (Å²) in [6.07, 6.45) is -2.21. The Labute approximate surface area is 63.7 Å². The molecule has 1 amide bonds. The summed E-state index contributed by atoms with van der Waals surface area (Å²) in [7, 11) is 0. The summed E-state index contributed by atoms with van der Waals surface area (Å²) in [5.74, 6) is -0.346. The standard InChI is InChI=1S/C6H11NO4/c8-2-3-6(11)4(9)1-5(10)7-3/h3-4,6,8-9,11H,1-2H2,(H,7,10)/t3-,4+,6+/m0/s1. The molecule has 1 aliphatic rings. The second-order valence-corrected chi connectivity index (χ2v) is 2.62. The normalized spacial score (nSPS) is 38.5. The van der Waals surface area contributed by atoms with Gasteiger partial charge < -0.3 is 20.6 Å². The summed E-state index contributed by atoms with van der Waals surface area (Å²) in [4.78, 5) is 10.7. The van der Waals surface area contributed by atoms with Crippen LogP contribution in [0, 0.1) is 0 Å². The van der Waals surface area contributed by atoms with E-state index >= 15 is 0 Å². The molecule has 1 rings (SSSR count). The van der Waals surface area contributed by atoms with Gasteiger partial charge in [-0.25, -0.2) is 0 Å². The van der Waals surface area contributed by atoms with E-state index in [-0.39, 0.29) is 18.9 Å². The predicted octanol–water partition coefficient (Wildman–Crippen LogP) is -2.41. The van der Waals surface area contributed by atoms with Crippen LogP contribution >= 0.6 is 0 Å². The lowest BCUT2D eigenvalue weighted by atomic mass is 9.99. The third-order valence-corrected chi connectivity index (χ3v) is 1.74. The van der Waals surface area contributed by atoms with E-state index in [0.717, 1.165) is 0 Å². The van der Waals surface area contributed by atoms with Crippen LogP contribution in [0.2, 0.25) is 0 Å². The van der Waals surface area contributed by atoms with Crippen LogP contribution in [0.4, 0.5) is 0 Å². The average molecular weight is 161 g/mol. The lowest BCUT2D eigenvalue weighted by Crippen LogP contribution is -2.56. The van der Waals surface area contributed by atoms with Gasteiger partial charge in [0.2, 0.25) is 5.91 Å². The van der Waals surface area contributed by atoms with Crippen LogP contribution < -0.4 is 5.32 Å². The molecule has 5 heteroatoms. The molecule has 0 aromatic heterocycles. The zero-order valence-corrected chi connectivity index (χ0v) is 5.90. The summed E-state index contributed by atoms with van der Waals surface area (Å²) in [5, 5.41) is 29.1. The molecule has 4 N–H and O–H groups in total. The number of nitrogens with one attached hydrogen (secondary N) is 1. The van der Waals surface area contributed by atoms with E-state index in [2.05, 4.69) is 5.32 Å². The topological polar surface area (TPSA) is 89.8 Å². The molecule has 1 saturated heterocycles. The summed E-state index contributed by atoms with van der Waals surface area (Å²) in [5.41, 5.74) is 0. The van der Waals surface area contributed by atoms with Crippen molar-refractivity contribution in [2.24, 2.45) is 0 Å². The van der Waals surface area contributed by atoms with Gasteiger partial charge in [0, 0.05) is 0 Å². The molecule has 0 spiro atoms. The molecule has 0 aromatic carbocycles. The number of hydrogen-bond donors (Lipinski definition) is 4. The van der Waals surface area contributed by atoms with Crippen LogP contribution in [-0.4, -0.2) is 46.1 Å². The smallest absolute Gasteiger partial charge is 0.223 e. The first-order valence-corrected chi connectivity index (χ1v) is 3.41. The zero-order valence-electron chi connectivity index (χ0n) is 5.90. The highest BCUT2D eigenvalue weighted by molar-refractivity contribution is 5.78. The van der Waals surface area contributed by atoms with Crippen molar-refractivity contribution >= 4 is 5.91 Å². The molecular weight excluding hydrogens is 150 g/mol. The highest BCUT2D eigenvalue weighted by Crippen LogP contribution is 2.09. The molecule has 0 saturated carbocycles. The maximum Gasteiger partial charge on any atom is 0.223 e. The molecule has 11 heavy (non-hydrogen) atoms. The van der Waals surface area contributed by atoms with E-state index in [1.807, 2.05) is 0 Å². The number of carbonyl (C=O) groups is 1. The first kappa shape index (κ1) is 8.45. The monoisotopic (exact) mass is 161 g/mol. The van der Waals surface area contributed by atoms with Crippen molar-refractivity contribution in [1.29, 1.82) is 0 Å². The largest absolute Gasteiger partial charge is 0.394 e. The number of piperidine rings is 1. The van der Waals surface area contributed by atoms with Crippen molar-refractivity contribution in [2.45, 2.75) is 24.7 Å². The molecule has 0 aliphatic carbocycles. The van der Waals surface area contributed by atoms with E-state index in [9.17, 15) is 4.79 Å². The highest BCUT2D eigenvalue weighted by atomic mass is 16.3. The zero-order chi connectivity index (χ0) is 8.43. The summed E-state index contributed by atoms with van der Waals surface area (Å²) < 4.78 is 0. The Morgan fingerprint density at radius 2 is 2.18 bits per heavy atom. The minimum atomic E-state index is -1.06. The van der Waals surface area contributed by atoms with Crippen molar-refractivity contribution in [3.05, 3.63) is 0 Å². The summed E-state index contributed by atoms with van der Waals surface area (Å²) in [6, 6.07) is -0.730. The average Bonchev–Trinajstić information content (AvgIpc) is 1.96. The van der Waals surface area contributed by atoms with E-state index in [1.165, 1.54) is 0 Å². The van der Waals surface area contributed by atoms with Gasteiger partial charge in [0.1, 0.15) is 6.10 Å². The van der Waals surface area contributed by atoms with Crippen molar-refractivity contribution in [3.8, 4) is 0 Å².